The number of aryl methyl sites for hydroxylation is 2. The molecular weight excluding hydrogens is 522 g/mol. The summed E-state index contributed by atoms with van der Waals surface area (Å²) in [6.07, 6.45) is 0.639. The van der Waals surface area contributed by atoms with Gasteiger partial charge in [-0.3, -0.25) is 15.0 Å². The summed E-state index contributed by atoms with van der Waals surface area (Å²) in [6, 6.07) is 19.5. The molecular formula is C28H33N3O5S2. The highest BCUT2D eigenvalue weighted by atomic mass is 32.2. The van der Waals surface area contributed by atoms with Crippen LogP contribution in [0.5, 0.6) is 0 Å². The molecule has 1 heterocycles. The molecule has 8 nitrogen and oxygen atoms in total. The SMILES string of the molecule is Cc1ccc(Sc2ccc([N+](=O)[O-])cc2CN(CCCN2CCOCC2)S(=O)(=O)c2ccc(C)cc2)cc1. The summed E-state index contributed by atoms with van der Waals surface area (Å²) in [7, 11) is -3.84. The van der Waals surface area contributed by atoms with Crippen LogP contribution >= 0.6 is 11.8 Å². The summed E-state index contributed by atoms with van der Waals surface area (Å²) in [6.45, 7) is 8.02. The standard InChI is InChI=1S/C28H33N3O5S2/c1-22-4-9-26(10-5-22)37-28-13-8-25(31(32)33)20-24(28)21-30(15-3-14-29-16-18-36-19-17-29)38(34,35)27-11-6-23(2)7-12-27/h4-13,20H,3,14-19,21H2,1-2H3. The Morgan fingerprint density at radius 1 is 0.974 bits per heavy atom. The van der Waals surface area contributed by atoms with Crippen molar-refractivity contribution < 1.29 is 18.1 Å². The minimum atomic E-state index is -3.84. The van der Waals surface area contributed by atoms with E-state index < -0.39 is 14.9 Å². The van der Waals surface area contributed by atoms with Gasteiger partial charge in [-0.15, -0.1) is 0 Å². The van der Waals surface area contributed by atoms with Gasteiger partial charge in [-0.05, 0) is 62.7 Å². The highest BCUT2D eigenvalue weighted by molar-refractivity contribution is 7.99. The van der Waals surface area contributed by atoms with Crippen molar-refractivity contribution in [2.75, 3.05) is 39.4 Å². The second-order valence-corrected chi connectivity index (χ2v) is 12.5. The summed E-state index contributed by atoms with van der Waals surface area (Å²) in [5, 5.41) is 11.6. The molecule has 0 amide bonds. The Labute approximate surface area is 228 Å². The Hall–Kier alpha value is -2.76. The van der Waals surface area contributed by atoms with Crippen LogP contribution in [0.25, 0.3) is 0 Å². The minimum absolute atomic E-state index is 0.0369. The molecule has 0 aliphatic carbocycles. The van der Waals surface area contributed by atoms with E-state index in [1.807, 2.05) is 38.1 Å². The number of benzene rings is 3. The smallest absolute Gasteiger partial charge is 0.269 e. The molecule has 0 radical (unpaired) electrons. The van der Waals surface area contributed by atoms with E-state index in [0.717, 1.165) is 40.6 Å². The van der Waals surface area contributed by atoms with Crippen LogP contribution in [-0.2, 0) is 21.3 Å². The van der Waals surface area contributed by atoms with E-state index in [2.05, 4.69) is 4.90 Å². The normalized spacial score (nSPS) is 14.6. The molecule has 10 heteroatoms. The second kappa shape index (κ2) is 12.9. The van der Waals surface area contributed by atoms with E-state index in [0.29, 0.717) is 31.7 Å². The van der Waals surface area contributed by atoms with E-state index in [-0.39, 0.29) is 17.1 Å². The Kier molecular flexibility index (Phi) is 9.56. The maximum Gasteiger partial charge on any atom is 0.269 e. The molecule has 0 atom stereocenters. The number of ether oxygens (including phenoxy) is 1. The van der Waals surface area contributed by atoms with Gasteiger partial charge in [-0.25, -0.2) is 8.42 Å². The van der Waals surface area contributed by atoms with Crippen molar-refractivity contribution in [3.63, 3.8) is 0 Å². The van der Waals surface area contributed by atoms with Crippen molar-refractivity contribution >= 4 is 27.5 Å². The lowest BCUT2D eigenvalue weighted by Crippen LogP contribution is -2.39. The maximum absolute atomic E-state index is 13.8. The van der Waals surface area contributed by atoms with Gasteiger partial charge in [-0.1, -0.05) is 47.2 Å². The Bertz CT molecular complexity index is 1340. The molecule has 3 aromatic carbocycles. The lowest BCUT2D eigenvalue weighted by Gasteiger charge is -2.28. The monoisotopic (exact) mass is 555 g/mol. The lowest BCUT2D eigenvalue weighted by molar-refractivity contribution is -0.385. The third-order valence-electron chi connectivity index (χ3n) is 6.49. The van der Waals surface area contributed by atoms with Crippen LogP contribution in [0.4, 0.5) is 5.69 Å². The van der Waals surface area contributed by atoms with Gasteiger partial charge >= 0.3 is 0 Å². The molecule has 0 saturated carbocycles. The number of hydrogen-bond donors (Lipinski definition) is 0. The highest BCUT2D eigenvalue weighted by Crippen LogP contribution is 2.34. The van der Waals surface area contributed by atoms with Crippen LogP contribution in [0, 0.1) is 24.0 Å². The number of rotatable bonds is 11. The molecule has 38 heavy (non-hydrogen) atoms. The summed E-state index contributed by atoms with van der Waals surface area (Å²) >= 11 is 1.47. The van der Waals surface area contributed by atoms with Gasteiger partial charge in [0.25, 0.3) is 5.69 Å². The average molecular weight is 556 g/mol. The van der Waals surface area contributed by atoms with Gasteiger partial charge in [0.05, 0.1) is 23.0 Å². The van der Waals surface area contributed by atoms with Crippen LogP contribution in [0.3, 0.4) is 0 Å². The first-order chi connectivity index (χ1) is 18.2. The van der Waals surface area contributed by atoms with Crippen molar-refractivity contribution in [1.29, 1.82) is 0 Å². The topological polar surface area (TPSA) is 93.0 Å². The predicted molar refractivity (Wildman–Crippen MR) is 149 cm³/mol. The summed E-state index contributed by atoms with van der Waals surface area (Å²) in [5.41, 5.74) is 2.65. The zero-order valence-corrected chi connectivity index (χ0v) is 23.3. The number of hydrogen-bond acceptors (Lipinski definition) is 7. The quantitative estimate of drug-likeness (QED) is 0.235. The number of non-ortho nitro benzene ring substituents is 1. The summed E-state index contributed by atoms with van der Waals surface area (Å²) < 4.78 is 34.5. The molecule has 1 aliphatic rings. The fraction of sp³-hybridized carbons (Fsp3) is 0.357. The molecule has 4 rings (SSSR count). The van der Waals surface area contributed by atoms with Gasteiger partial charge in [0.2, 0.25) is 10.0 Å². The summed E-state index contributed by atoms with van der Waals surface area (Å²) in [4.78, 5) is 15.4. The van der Waals surface area contributed by atoms with E-state index in [1.54, 1.807) is 30.3 Å². The first-order valence-corrected chi connectivity index (χ1v) is 14.9. The molecule has 0 bridgehead atoms. The van der Waals surface area contributed by atoms with Gasteiger partial charge in [-0.2, -0.15) is 4.31 Å². The zero-order valence-electron chi connectivity index (χ0n) is 21.7. The molecule has 0 spiro atoms. The van der Waals surface area contributed by atoms with Crippen molar-refractivity contribution in [3.8, 4) is 0 Å². The fourth-order valence-corrected chi connectivity index (χ4v) is 6.64. The van der Waals surface area contributed by atoms with E-state index >= 15 is 0 Å². The van der Waals surface area contributed by atoms with E-state index in [4.69, 9.17) is 4.74 Å². The number of nitro benzene ring substituents is 1. The van der Waals surface area contributed by atoms with Gasteiger partial charge in [0, 0.05) is 48.1 Å². The van der Waals surface area contributed by atoms with Crippen LogP contribution in [0.2, 0.25) is 0 Å². The van der Waals surface area contributed by atoms with Gasteiger partial charge in [0.15, 0.2) is 0 Å². The van der Waals surface area contributed by atoms with Crippen LogP contribution in [-0.4, -0.2) is 61.9 Å². The van der Waals surface area contributed by atoms with Crippen molar-refractivity contribution in [1.82, 2.24) is 9.21 Å². The van der Waals surface area contributed by atoms with E-state index in [1.165, 1.54) is 28.2 Å². The van der Waals surface area contributed by atoms with Crippen molar-refractivity contribution in [2.45, 2.75) is 41.5 Å². The molecule has 0 unspecified atom stereocenters. The van der Waals surface area contributed by atoms with Gasteiger partial charge < -0.3 is 4.74 Å². The molecule has 0 N–H and O–H groups in total. The first-order valence-electron chi connectivity index (χ1n) is 12.6. The first kappa shape index (κ1) is 28.3. The average Bonchev–Trinajstić information content (AvgIpc) is 2.91. The maximum atomic E-state index is 13.8. The Morgan fingerprint density at radius 2 is 1.61 bits per heavy atom. The molecule has 1 aliphatic heterocycles. The fourth-order valence-electron chi connectivity index (χ4n) is 4.26. The largest absolute Gasteiger partial charge is 0.379 e. The van der Waals surface area contributed by atoms with Crippen LogP contribution in [0.15, 0.2) is 81.4 Å². The highest BCUT2D eigenvalue weighted by Gasteiger charge is 2.26. The second-order valence-electron chi connectivity index (χ2n) is 9.42. The van der Waals surface area contributed by atoms with Crippen LogP contribution < -0.4 is 0 Å². The molecule has 1 saturated heterocycles. The Balaban J connectivity index is 1.64. The minimum Gasteiger partial charge on any atom is -0.379 e. The molecule has 0 aromatic heterocycles. The van der Waals surface area contributed by atoms with Crippen LogP contribution in [0.1, 0.15) is 23.1 Å². The molecule has 3 aromatic rings. The zero-order chi connectivity index (χ0) is 27.1. The molecule has 1 fully saturated rings. The Morgan fingerprint density at radius 3 is 2.24 bits per heavy atom. The molecule has 202 valence electrons. The predicted octanol–water partition coefficient (Wildman–Crippen LogP) is 5.28. The van der Waals surface area contributed by atoms with Crippen molar-refractivity contribution in [2.24, 2.45) is 0 Å². The number of nitrogens with zero attached hydrogens (tertiary/aromatic N) is 3. The lowest BCUT2D eigenvalue weighted by atomic mass is 10.2. The summed E-state index contributed by atoms with van der Waals surface area (Å²) in [5.74, 6) is 0. The third-order valence-corrected chi connectivity index (χ3v) is 9.48. The van der Waals surface area contributed by atoms with Crippen molar-refractivity contribution in [3.05, 3.63) is 93.5 Å². The number of morpholine rings is 1. The van der Waals surface area contributed by atoms with Gasteiger partial charge in [0.1, 0.15) is 0 Å². The number of sulfonamides is 1. The van der Waals surface area contributed by atoms with E-state index in [9.17, 15) is 18.5 Å². The number of nitro groups is 1. The third kappa shape index (κ3) is 7.42.